The molecule has 0 radical (unpaired) electrons. The van der Waals surface area contributed by atoms with Crippen LogP contribution < -0.4 is 0 Å². The molecule has 35 heavy (non-hydrogen) atoms. The molecular weight excluding hydrogens is 444 g/mol. The SMILES string of the molecule is CC(C)[C@H](CCO)CC[C@@H](C)[C@H]1C(O)C(O)[C@@H]2[C@]1(C)CC[C@H]1[C@@]2(O)CC(O)C2CC(O)CC[C@@]21C. The normalized spacial score (nSPS) is 51.4. The van der Waals surface area contributed by atoms with Crippen LogP contribution in [0.5, 0.6) is 0 Å². The predicted octanol–water partition coefficient (Wildman–Crippen LogP) is 3.10. The summed E-state index contributed by atoms with van der Waals surface area (Å²) in [5, 5.41) is 66.3. The summed E-state index contributed by atoms with van der Waals surface area (Å²) in [6.07, 6.45) is 3.56. The second kappa shape index (κ2) is 9.81. The summed E-state index contributed by atoms with van der Waals surface area (Å²) >= 11 is 0. The summed E-state index contributed by atoms with van der Waals surface area (Å²) < 4.78 is 0. The minimum atomic E-state index is -1.23. The molecule has 0 amide bonds. The fraction of sp³-hybridized carbons (Fsp3) is 1.00. The largest absolute Gasteiger partial charge is 0.396 e. The Morgan fingerprint density at radius 2 is 1.51 bits per heavy atom. The molecule has 0 heterocycles. The van der Waals surface area contributed by atoms with Crippen molar-refractivity contribution in [2.75, 3.05) is 6.61 Å². The quantitative estimate of drug-likeness (QED) is 0.322. The molecule has 204 valence electrons. The van der Waals surface area contributed by atoms with Crippen molar-refractivity contribution in [3.63, 3.8) is 0 Å². The maximum absolute atomic E-state index is 12.4. The minimum absolute atomic E-state index is 0.0430. The lowest BCUT2D eigenvalue weighted by molar-refractivity contribution is -0.264. The Kier molecular flexibility index (Phi) is 7.79. The van der Waals surface area contributed by atoms with Crippen molar-refractivity contribution in [1.82, 2.24) is 0 Å². The number of fused-ring (bicyclic) bond motifs is 5. The van der Waals surface area contributed by atoms with Crippen LogP contribution in [0.2, 0.25) is 0 Å². The maximum atomic E-state index is 12.4. The second-order valence-corrected chi connectivity index (χ2v) is 14.0. The summed E-state index contributed by atoms with van der Waals surface area (Å²) in [5.41, 5.74) is -1.92. The molecule has 0 bridgehead atoms. The fourth-order valence-electron chi connectivity index (χ4n) is 10.1. The van der Waals surface area contributed by atoms with Gasteiger partial charge in [-0.2, -0.15) is 0 Å². The standard InChI is InChI=1S/C29H52O6/c1-16(2)18(10-13-30)7-6-17(3)23-24(33)25(34)26-28(23,5)12-9-22-27(4)11-8-19(31)14-20(27)21(32)15-29(22,26)35/h16-26,30-35H,6-15H2,1-5H3/t17-,18+,19?,20?,21?,22-,23+,24?,25?,26-,27+,28-,29+/m1/s1. The van der Waals surface area contributed by atoms with Gasteiger partial charge in [0.25, 0.3) is 0 Å². The van der Waals surface area contributed by atoms with Crippen molar-refractivity contribution in [2.24, 2.45) is 52.3 Å². The van der Waals surface area contributed by atoms with Crippen molar-refractivity contribution >= 4 is 0 Å². The first-order valence-corrected chi connectivity index (χ1v) is 14.4. The van der Waals surface area contributed by atoms with Crippen LogP contribution in [0, 0.1) is 52.3 Å². The van der Waals surface area contributed by atoms with Gasteiger partial charge in [-0.25, -0.2) is 0 Å². The molecule has 0 aromatic carbocycles. The molecule has 0 aromatic rings. The van der Waals surface area contributed by atoms with Gasteiger partial charge >= 0.3 is 0 Å². The average molecular weight is 497 g/mol. The number of aliphatic hydroxyl groups is 6. The predicted molar refractivity (Wildman–Crippen MR) is 135 cm³/mol. The average Bonchev–Trinajstić information content (AvgIpc) is 2.97. The first-order chi connectivity index (χ1) is 16.3. The van der Waals surface area contributed by atoms with Crippen molar-refractivity contribution in [3.8, 4) is 0 Å². The molecule has 6 N–H and O–H groups in total. The first kappa shape index (κ1) is 27.8. The van der Waals surface area contributed by atoms with Crippen molar-refractivity contribution in [3.05, 3.63) is 0 Å². The monoisotopic (exact) mass is 496 g/mol. The third-order valence-corrected chi connectivity index (χ3v) is 11.9. The topological polar surface area (TPSA) is 121 Å². The van der Waals surface area contributed by atoms with E-state index in [0.29, 0.717) is 24.7 Å². The molecule has 4 saturated carbocycles. The summed E-state index contributed by atoms with van der Waals surface area (Å²) in [6, 6.07) is 0. The number of aliphatic hydroxyl groups excluding tert-OH is 5. The van der Waals surface area contributed by atoms with Gasteiger partial charge in [-0.05, 0) is 91.3 Å². The van der Waals surface area contributed by atoms with E-state index >= 15 is 0 Å². The molecule has 4 aliphatic rings. The summed E-state index contributed by atoms with van der Waals surface area (Å²) in [7, 11) is 0. The van der Waals surface area contributed by atoms with E-state index in [1.165, 1.54) is 0 Å². The molecule has 4 fully saturated rings. The molecular formula is C29H52O6. The van der Waals surface area contributed by atoms with Gasteiger partial charge in [0.05, 0.1) is 30.0 Å². The highest BCUT2D eigenvalue weighted by molar-refractivity contribution is 5.21. The van der Waals surface area contributed by atoms with Crippen LogP contribution in [0.3, 0.4) is 0 Å². The Bertz CT molecular complexity index is 745. The van der Waals surface area contributed by atoms with Gasteiger partial charge in [-0.3, -0.25) is 0 Å². The van der Waals surface area contributed by atoms with Crippen LogP contribution in [0.25, 0.3) is 0 Å². The van der Waals surface area contributed by atoms with Crippen LogP contribution >= 0.6 is 0 Å². The molecule has 0 spiro atoms. The van der Waals surface area contributed by atoms with Gasteiger partial charge in [-0.15, -0.1) is 0 Å². The highest BCUT2D eigenvalue weighted by atomic mass is 16.3. The Hall–Kier alpha value is -0.240. The van der Waals surface area contributed by atoms with E-state index in [4.69, 9.17) is 0 Å². The first-order valence-electron chi connectivity index (χ1n) is 14.4. The number of hydrogen-bond acceptors (Lipinski definition) is 6. The van der Waals surface area contributed by atoms with E-state index in [-0.39, 0.29) is 42.1 Å². The van der Waals surface area contributed by atoms with Gasteiger partial charge in [0.1, 0.15) is 0 Å². The van der Waals surface area contributed by atoms with E-state index < -0.39 is 41.3 Å². The van der Waals surface area contributed by atoms with E-state index in [9.17, 15) is 30.6 Å². The lowest BCUT2D eigenvalue weighted by Crippen LogP contribution is -2.68. The molecule has 5 unspecified atom stereocenters. The highest BCUT2D eigenvalue weighted by Gasteiger charge is 2.72. The fourth-order valence-corrected chi connectivity index (χ4v) is 10.1. The number of rotatable bonds is 7. The van der Waals surface area contributed by atoms with Crippen LogP contribution in [-0.4, -0.2) is 67.3 Å². The molecule has 0 saturated heterocycles. The Morgan fingerprint density at radius 3 is 2.14 bits per heavy atom. The van der Waals surface area contributed by atoms with E-state index in [1.807, 2.05) is 0 Å². The highest BCUT2D eigenvalue weighted by Crippen LogP contribution is 2.69. The molecule has 6 heteroatoms. The van der Waals surface area contributed by atoms with E-state index in [1.54, 1.807) is 0 Å². The van der Waals surface area contributed by atoms with Gasteiger partial charge in [0, 0.05) is 18.9 Å². The van der Waals surface area contributed by atoms with Crippen LogP contribution in [0.15, 0.2) is 0 Å². The van der Waals surface area contributed by atoms with Gasteiger partial charge in [-0.1, -0.05) is 41.0 Å². The third-order valence-electron chi connectivity index (χ3n) is 11.9. The maximum Gasteiger partial charge on any atom is 0.0863 e. The number of hydrogen-bond donors (Lipinski definition) is 6. The summed E-state index contributed by atoms with van der Waals surface area (Å²) in [4.78, 5) is 0. The zero-order valence-corrected chi connectivity index (χ0v) is 22.6. The zero-order chi connectivity index (χ0) is 25.9. The lowest BCUT2D eigenvalue weighted by Gasteiger charge is -2.65. The smallest absolute Gasteiger partial charge is 0.0863 e. The Labute approximate surface area is 212 Å². The van der Waals surface area contributed by atoms with E-state index in [0.717, 1.165) is 38.5 Å². The van der Waals surface area contributed by atoms with Gasteiger partial charge in [0.2, 0.25) is 0 Å². The molecule has 4 rings (SSSR count). The van der Waals surface area contributed by atoms with Gasteiger partial charge in [0.15, 0.2) is 0 Å². The molecule has 13 atom stereocenters. The van der Waals surface area contributed by atoms with Crippen molar-refractivity contribution in [1.29, 1.82) is 0 Å². The third kappa shape index (κ3) is 4.32. The molecule has 6 nitrogen and oxygen atoms in total. The van der Waals surface area contributed by atoms with Crippen LogP contribution in [0.1, 0.15) is 92.4 Å². The minimum Gasteiger partial charge on any atom is -0.396 e. The van der Waals surface area contributed by atoms with Crippen LogP contribution in [0.4, 0.5) is 0 Å². The van der Waals surface area contributed by atoms with Crippen molar-refractivity contribution in [2.45, 2.75) is 122 Å². The van der Waals surface area contributed by atoms with Gasteiger partial charge < -0.3 is 30.6 Å². The molecule has 0 aromatic heterocycles. The molecule has 4 aliphatic carbocycles. The Balaban J connectivity index is 1.60. The van der Waals surface area contributed by atoms with Crippen LogP contribution in [-0.2, 0) is 0 Å². The summed E-state index contributed by atoms with van der Waals surface area (Å²) in [5.74, 6) is 0.398. The van der Waals surface area contributed by atoms with Crippen molar-refractivity contribution < 1.29 is 30.6 Å². The summed E-state index contributed by atoms with van der Waals surface area (Å²) in [6.45, 7) is 11.1. The zero-order valence-electron chi connectivity index (χ0n) is 22.6. The Morgan fingerprint density at radius 1 is 0.857 bits per heavy atom. The molecule has 0 aliphatic heterocycles. The van der Waals surface area contributed by atoms with E-state index in [2.05, 4.69) is 34.6 Å². The second-order valence-electron chi connectivity index (χ2n) is 14.0. The lowest BCUT2D eigenvalue weighted by atomic mass is 9.42.